The Morgan fingerprint density at radius 2 is 1.95 bits per heavy atom. The van der Waals surface area contributed by atoms with Crippen molar-refractivity contribution in [3.8, 4) is 0 Å². The van der Waals surface area contributed by atoms with Crippen LogP contribution in [0.15, 0.2) is 4.90 Å². The third-order valence-corrected chi connectivity index (χ3v) is 6.52. The molecule has 1 aliphatic rings. The first kappa shape index (κ1) is 15.8. The van der Waals surface area contributed by atoms with Gasteiger partial charge in [0, 0.05) is 19.5 Å². The molecule has 1 aromatic heterocycles. The van der Waals surface area contributed by atoms with Gasteiger partial charge in [-0.2, -0.15) is 5.10 Å². The van der Waals surface area contributed by atoms with Gasteiger partial charge in [-0.1, -0.05) is 12.8 Å². The van der Waals surface area contributed by atoms with E-state index in [-0.39, 0.29) is 5.41 Å². The monoisotopic (exact) mass is 319 g/mol. The van der Waals surface area contributed by atoms with E-state index in [9.17, 15) is 8.42 Å². The lowest BCUT2D eigenvalue weighted by Crippen LogP contribution is -2.37. The number of rotatable bonds is 5. The average molecular weight is 320 g/mol. The van der Waals surface area contributed by atoms with Crippen LogP contribution in [0.4, 0.5) is 0 Å². The molecule has 0 spiro atoms. The molecule has 7 heteroatoms. The summed E-state index contributed by atoms with van der Waals surface area (Å²) in [5.74, 6) is 0.501. The Labute approximate surface area is 125 Å². The molecule has 1 aromatic rings. The summed E-state index contributed by atoms with van der Waals surface area (Å²) in [7, 11) is -1.78. The predicted octanol–water partition coefficient (Wildman–Crippen LogP) is 2.11. The van der Waals surface area contributed by atoms with Gasteiger partial charge in [0.1, 0.15) is 4.90 Å². The minimum absolute atomic E-state index is 0.0847. The summed E-state index contributed by atoms with van der Waals surface area (Å²) in [6.07, 6.45) is 4.23. The van der Waals surface area contributed by atoms with Crippen molar-refractivity contribution < 1.29 is 8.42 Å². The third-order valence-electron chi connectivity index (χ3n) is 4.30. The van der Waals surface area contributed by atoms with E-state index < -0.39 is 10.0 Å². The Morgan fingerprint density at radius 1 is 1.35 bits per heavy atom. The zero-order chi connectivity index (χ0) is 15.0. The lowest BCUT2D eigenvalue weighted by Gasteiger charge is -2.26. The summed E-state index contributed by atoms with van der Waals surface area (Å²) >= 11 is 6.05. The highest BCUT2D eigenvalue weighted by molar-refractivity contribution is 7.89. The first-order chi connectivity index (χ1) is 9.31. The summed E-state index contributed by atoms with van der Waals surface area (Å²) in [6.45, 7) is 3.89. The molecule has 0 aliphatic heterocycles. The number of nitrogens with zero attached hydrogens (tertiary/aromatic N) is 2. The van der Waals surface area contributed by atoms with Crippen molar-refractivity contribution in [2.75, 3.05) is 12.4 Å². The minimum Gasteiger partial charge on any atom is -0.271 e. The van der Waals surface area contributed by atoms with Crippen LogP contribution < -0.4 is 4.72 Å². The van der Waals surface area contributed by atoms with Crippen LogP contribution in [0.1, 0.15) is 37.1 Å². The van der Waals surface area contributed by atoms with Gasteiger partial charge < -0.3 is 0 Å². The number of aryl methyl sites for hydroxylation is 2. The molecular formula is C13H22ClN3O2S. The van der Waals surface area contributed by atoms with E-state index in [2.05, 4.69) is 9.82 Å². The second kappa shape index (κ2) is 5.66. The molecular weight excluding hydrogens is 298 g/mol. The number of aromatic nitrogens is 2. The maximum Gasteiger partial charge on any atom is 0.244 e. The molecule has 1 saturated carbocycles. The lowest BCUT2D eigenvalue weighted by atomic mass is 9.89. The zero-order valence-electron chi connectivity index (χ0n) is 12.2. The quantitative estimate of drug-likeness (QED) is 0.845. The van der Waals surface area contributed by atoms with Crippen LogP contribution in [0.25, 0.3) is 0 Å². The van der Waals surface area contributed by atoms with Crippen LogP contribution in [0.5, 0.6) is 0 Å². The molecule has 2 rings (SSSR count). The largest absolute Gasteiger partial charge is 0.271 e. The van der Waals surface area contributed by atoms with Gasteiger partial charge >= 0.3 is 0 Å². The Bertz CT molecular complexity index is 589. The number of alkyl halides is 1. The standard InChI is InChI=1S/C13H22ClN3O2S/c1-10-12(11(2)17(3)16-10)20(18,19)15-9-13(8-14)6-4-5-7-13/h15H,4-9H2,1-3H3. The van der Waals surface area contributed by atoms with Gasteiger partial charge in [0.2, 0.25) is 10.0 Å². The number of hydrogen-bond acceptors (Lipinski definition) is 3. The maximum atomic E-state index is 12.5. The molecule has 1 aliphatic carbocycles. The van der Waals surface area contributed by atoms with Gasteiger partial charge in [0.05, 0.1) is 11.4 Å². The summed E-state index contributed by atoms with van der Waals surface area (Å²) < 4.78 is 29.3. The van der Waals surface area contributed by atoms with E-state index in [0.717, 1.165) is 25.7 Å². The molecule has 0 bridgehead atoms. The van der Waals surface area contributed by atoms with E-state index in [4.69, 9.17) is 11.6 Å². The number of nitrogens with one attached hydrogen (secondary N) is 1. The van der Waals surface area contributed by atoms with Crippen LogP contribution in [-0.4, -0.2) is 30.6 Å². The van der Waals surface area contributed by atoms with Crippen molar-refractivity contribution >= 4 is 21.6 Å². The Balaban J connectivity index is 2.19. The van der Waals surface area contributed by atoms with E-state index in [1.807, 2.05) is 0 Å². The fraction of sp³-hybridized carbons (Fsp3) is 0.769. The molecule has 0 saturated heterocycles. The third kappa shape index (κ3) is 2.87. The molecule has 1 N–H and O–H groups in total. The Morgan fingerprint density at radius 3 is 2.40 bits per heavy atom. The average Bonchev–Trinajstić information content (AvgIpc) is 2.94. The SMILES string of the molecule is Cc1nn(C)c(C)c1S(=O)(=O)NCC1(CCl)CCCC1. The molecule has 0 atom stereocenters. The highest BCUT2D eigenvalue weighted by Gasteiger charge is 2.35. The van der Waals surface area contributed by atoms with Gasteiger partial charge in [-0.15, -0.1) is 11.6 Å². The number of hydrogen-bond donors (Lipinski definition) is 1. The second-order valence-corrected chi connectivity index (χ2v) is 7.76. The Hall–Kier alpha value is -0.590. The molecule has 20 heavy (non-hydrogen) atoms. The van der Waals surface area contributed by atoms with Crippen molar-refractivity contribution in [3.05, 3.63) is 11.4 Å². The van der Waals surface area contributed by atoms with Crippen molar-refractivity contribution in [2.45, 2.75) is 44.4 Å². The summed E-state index contributed by atoms with van der Waals surface area (Å²) in [5, 5.41) is 4.17. The Kier molecular flexibility index (Phi) is 4.47. The number of sulfonamides is 1. The van der Waals surface area contributed by atoms with Gasteiger partial charge in [0.25, 0.3) is 0 Å². The molecule has 0 aromatic carbocycles. The summed E-state index contributed by atoms with van der Waals surface area (Å²) in [5.41, 5.74) is 1.10. The van der Waals surface area contributed by atoms with Crippen molar-refractivity contribution in [1.82, 2.24) is 14.5 Å². The first-order valence-corrected chi connectivity index (χ1v) is 8.89. The van der Waals surface area contributed by atoms with Crippen LogP contribution in [0.2, 0.25) is 0 Å². The highest BCUT2D eigenvalue weighted by Crippen LogP contribution is 2.38. The topological polar surface area (TPSA) is 64.0 Å². The molecule has 0 amide bonds. The van der Waals surface area contributed by atoms with Crippen molar-refractivity contribution in [3.63, 3.8) is 0 Å². The normalized spacial score (nSPS) is 18.6. The van der Waals surface area contributed by atoms with Gasteiger partial charge in [-0.05, 0) is 32.1 Å². The van der Waals surface area contributed by atoms with Gasteiger partial charge in [-0.3, -0.25) is 4.68 Å². The van der Waals surface area contributed by atoms with Crippen LogP contribution in [-0.2, 0) is 17.1 Å². The highest BCUT2D eigenvalue weighted by atomic mass is 35.5. The first-order valence-electron chi connectivity index (χ1n) is 6.87. The zero-order valence-corrected chi connectivity index (χ0v) is 13.8. The van der Waals surface area contributed by atoms with Gasteiger partial charge in [0.15, 0.2) is 0 Å². The smallest absolute Gasteiger partial charge is 0.244 e. The van der Waals surface area contributed by atoms with Crippen LogP contribution in [0.3, 0.4) is 0 Å². The minimum atomic E-state index is -3.53. The fourth-order valence-electron chi connectivity index (χ4n) is 2.95. The second-order valence-electron chi connectivity index (χ2n) is 5.79. The molecule has 114 valence electrons. The number of halogens is 1. The van der Waals surface area contributed by atoms with E-state index in [0.29, 0.717) is 28.7 Å². The molecule has 1 heterocycles. The van der Waals surface area contributed by atoms with E-state index >= 15 is 0 Å². The fourth-order valence-corrected chi connectivity index (χ4v) is 4.90. The van der Waals surface area contributed by atoms with Crippen molar-refractivity contribution in [2.24, 2.45) is 12.5 Å². The van der Waals surface area contributed by atoms with Crippen molar-refractivity contribution in [1.29, 1.82) is 0 Å². The van der Waals surface area contributed by atoms with Gasteiger partial charge in [-0.25, -0.2) is 13.1 Å². The van der Waals surface area contributed by atoms with Crippen LogP contribution in [0, 0.1) is 19.3 Å². The molecule has 0 radical (unpaired) electrons. The lowest BCUT2D eigenvalue weighted by molar-refractivity contribution is 0.342. The maximum absolute atomic E-state index is 12.5. The molecule has 1 fully saturated rings. The van der Waals surface area contributed by atoms with E-state index in [1.165, 1.54) is 0 Å². The molecule has 5 nitrogen and oxygen atoms in total. The van der Waals surface area contributed by atoms with Crippen LogP contribution >= 0.6 is 11.6 Å². The summed E-state index contributed by atoms with van der Waals surface area (Å²) in [4.78, 5) is 0.294. The summed E-state index contributed by atoms with van der Waals surface area (Å²) in [6, 6.07) is 0. The predicted molar refractivity (Wildman–Crippen MR) is 79.5 cm³/mol. The molecule has 0 unspecified atom stereocenters. The van der Waals surface area contributed by atoms with E-state index in [1.54, 1.807) is 25.6 Å².